The summed E-state index contributed by atoms with van der Waals surface area (Å²) in [7, 11) is 0. The van der Waals surface area contributed by atoms with Crippen LogP contribution in [0.5, 0.6) is 0 Å². The number of rotatable bonds is 4. The lowest BCUT2D eigenvalue weighted by Crippen LogP contribution is -2.42. The minimum absolute atomic E-state index is 0.134. The number of anilines is 1. The average molecular weight is 297 g/mol. The zero-order chi connectivity index (χ0) is 14.7. The van der Waals surface area contributed by atoms with Gasteiger partial charge >= 0.3 is 5.97 Å². The molecule has 20 heavy (non-hydrogen) atoms. The van der Waals surface area contributed by atoms with E-state index < -0.39 is 5.97 Å². The van der Waals surface area contributed by atoms with Crippen LogP contribution in [-0.2, 0) is 9.59 Å². The fourth-order valence-corrected chi connectivity index (χ4v) is 3.12. The Hall–Kier alpha value is -1.47. The molecule has 6 nitrogen and oxygen atoms in total. The lowest BCUT2D eigenvalue weighted by atomic mass is 9.98. The molecule has 7 heteroatoms. The third kappa shape index (κ3) is 3.77. The molecule has 1 atom stereocenters. The third-order valence-electron chi connectivity index (χ3n) is 3.50. The Morgan fingerprint density at radius 3 is 2.85 bits per heavy atom. The molecule has 1 aliphatic heterocycles. The minimum atomic E-state index is -0.777. The van der Waals surface area contributed by atoms with Crippen LogP contribution in [0.25, 0.3) is 0 Å². The van der Waals surface area contributed by atoms with Crippen molar-refractivity contribution in [1.82, 2.24) is 9.88 Å². The summed E-state index contributed by atoms with van der Waals surface area (Å²) in [6.07, 6.45) is 1.51. The van der Waals surface area contributed by atoms with Crippen LogP contribution in [-0.4, -0.2) is 46.5 Å². The van der Waals surface area contributed by atoms with Crippen LogP contribution in [0.1, 0.15) is 23.4 Å². The first-order valence-corrected chi connectivity index (χ1v) is 7.46. The summed E-state index contributed by atoms with van der Waals surface area (Å²) in [5, 5.41) is 12.4. The van der Waals surface area contributed by atoms with Crippen LogP contribution < -0.4 is 5.32 Å². The number of likely N-dealkylation sites (tertiary alicyclic amines) is 1. The van der Waals surface area contributed by atoms with Gasteiger partial charge in [-0.15, -0.1) is 11.3 Å². The van der Waals surface area contributed by atoms with Crippen LogP contribution in [0.15, 0.2) is 0 Å². The molecule has 1 amide bonds. The van der Waals surface area contributed by atoms with E-state index in [2.05, 4.69) is 10.3 Å². The second kappa shape index (κ2) is 6.32. The highest BCUT2D eigenvalue weighted by atomic mass is 32.1. The van der Waals surface area contributed by atoms with Gasteiger partial charge in [0.1, 0.15) is 0 Å². The van der Waals surface area contributed by atoms with Crippen LogP contribution >= 0.6 is 11.3 Å². The molecular weight excluding hydrogens is 278 g/mol. The molecule has 0 aliphatic carbocycles. The number of nitrogens with zero attached hydrogens (tertiary/aromatic N) is 2. The van der Waals surface area contributed by atoms with E-state index in [1.165, 1.54) is 11.3 Å². The Bertz CT molecular complexity index is 495. The molecule has 1 unspecified atom stereocenters. The van der Waals surface area contributed by atoms with Crippen LogP contribution in [0, 0.1) is 19.8 Å². The van der Waals surface area contributed by atoms with E-state index in [4.69, 9.17) is 5.11 Å². The van der Waals surface area contributed by atoms with E-state index in [1.54, 1.807) is 0 Å². The van der Waals surface area contributed by atoms with Crippen LogP contribution in [0.4, 0.5) is 5.13 Å². The molecule has 1 saturated heterocycles. The molecule has 2 rings (SSSR count). The number of nitrogens with one attached hydrogen (secondary N) is 1. The second-order valence-electron chi connectivity index (χ2n) is 5.12. The van der Waals surface area contributed by atoms with Crippen LogP contribution in [0.3, 0.4) is 0 Å². The van der Waals surface area contributed by atoms with E-state index in [0.717, 1.165) is 23.5 Å². The molecule has 0 aromatic carbocycles. The van der Waals surface area contributed by atoms with Crippen molar-refractivity contribution in [2.75, 3.05) is 25.0 Å². The van der Waals surface area contributed by atoms with E-state index in [1.807, 2.05) is 18.7 Å². The van der Waals surface area contributed by atoms with Gasteiger partial charge in [0, 0.05) is 11.4 Å². The summed E-state index contributed by atoms with van der Waals surface area (Å²) in [6, 6.07) is 0. The molecule has 0 bridgehead atoms. The number of hydrogen-bond donors (Lipinski definition) is 2. The van der Waals surface area contributed by atoms with Crippen molar-refractivity contribution in [3.63, 3.8) is 0 Å². The summed E-state index contributed by atoms with van der Waals surface area (Å²) >= 11 is 1.45. The fraction of sp³-hybridized carbons (Fsp3) is 0.615. The monoisotopic (exact) mass is 297 g/mol. The number of aryl methyl sites for hydroxylation is 2. The molecule has 0 saturated carbocycles. The Balaban J connectivity index is 1.86. The molecule has 1 aromatic heterocycles. The number of amides is 1. The average Bonchev–Trinajstić information content (AvgIpc) is 2.68. The van der Waals surface area contributed by atoms with Gasteiger partial charge < -0.3 is 10.4 Å². The lowest BCUT2D eigenvalue weighted by Gasteiger charge is -2.29. The molecule has 0 radical (unpaired) electrons. The topological polar surface area (TPSA) is 82.5 Å². The molecule has 2 N–H and O–H groups in total. The van der Waals surface area contributed by atoms with Gasteiger partial charge in [0.05, 0.1) is 18.2 Å². The van der Waals surface area contributed by atoms with Gasteiger partial charge in [0.25, 0.3) is 0 Å². The summed E-state index contributed by atoms with van der Waals surface area (Å²) in [5.74, 6) is -1.27. The largest absolute Gasteiger partial charge is 0.481 e. The number of aromatic nitrogens is 1. The van der Waals surface area contributed by atoms with Gasteiger partial charge in [-0.05, 0) is 33.2 Å². The number of piperidine rings is 1. The van der Waals surface area contributed by atoms with E-state index in [0.29, 0.717) is 18.1 Å². The van der Waals surface area contributed by atoms with E-state index in [9.17, 15) is 9.59 Å². The predicted molar refractivity (Wildman–Crippen MR) is 77.0 cm³/mol. The maximum Gasteiger partial charge on any atom is 0.307 e. The molecule has 0 spiro atoms. The highest BCUT2D eigenvalue weighted by Gasteiger charge is 2.26. The number of carboxylic acid groups (broad SMARTS) is 1. The first kappa shape index (κ1) is 14.9. The maximum atomic E-state index is 11.9. The third-order valence-corrected chi connectivity index (χ3v) is 4.49. The Labute approximate surface area is 121 Å². The number of carbonyl (C=O) groups excluding carboxylic acids is 1. The van der Waals surface area contributed by atoms with Crippen molar-refractivity contribution in [2.45, 2.75) is 26.7 Å². The molecule has 2 heterocycles. The standard InChI is InChI=1S/C13H19N3O3S/c1-8-9(2)20-13(14-8)15-11(17)7-16-5-3-4-10(6-16)12(18)19/h10H,3-7H2,1-2H3,(H,18,19)(H,14,15,17). The molecule has 1 aromatic rings. The van der Waals surface area contributed by atoms with Crippen molar-refractivity contribution in [3.8, 4) is 0 Å². The zero-order valence-corrected chi connectivity index (χ0v) is 12.5. The molecule has 1 aliphatic rings. The fourth-order valence-electron chi connectivity index (χ4n) is 2.29. The summed E-state index contributed by atoms with van der Waals surface area (Å²) < 4.78 is 0. The molecule has 1 fully saturated rings. The number of thiazole rings is 1. The van der Waals surface area contributed by atoms with E-state index in [-0.39, 0.29) is 18.4 Å². The van der Waals surface area contributed by atoms with Crippen molar-refractivity contribution >= 4 is 28.3 Å². The normalized spacial score (nSPS) is 19.8. The smallest absolute Gasteiger partial charge is 0.307 e. The van der Waals surface area contributed by atoms with Gasteiger partial charge in [0.2, 0.25) is 5.91 Å². The van der Waals surface area contributed by atoms with Gasteiger partial charge in [-0.3, -0.25) is 14.5 Å². The highest BCUT2D eigenvalue weighted by Crippen LogP contribution is 2.21. The van der Waals surface area contributed by atoms with Crippen LogP contribution in [0.2, 0.25) is 0 Å². The summed E-state index contributed by atoms with van der Waals surface area (Å²) in [6.45, 7) is 5.31. The SMILES string of the molecule is Cc1nc(NC(=O)CN2CCCC(C(=O)O)C2)sc1C. The van der Waals surface area contributed by atoms with Crippen molar-refractivity contribution < 1.29 is 14.7 Å². The molecular formula is C13H19N3O3S. The predicted octanol–water partition coefficient (Wildman–Crippen LogP) is 1.50. The first-order valence-electron chi connectivity index (χ1n) is 6.64. The first-order chi connectivity index (χ1) is 9.45. The number of hydrogen-bond acceptors (Lipinski definition) is 5. The van der Waals surface area contributed by atoms with Gasteiger partial charge in [-0.1, -0.05) is 0 Å². The number of aliphatic carboxylic acids is 1. The Kier molecular flexibility index (Phi) is 4.72. The highest BCUT2D eigenvalue weighted by molar-refractivity contribution is 7.15. The van der Waals surface area contributed by atoms with Crippen molar-refractivity contribution in [3.05, 3.63) is 10.6 Å². The summed E-state index contributed by atoms with van der Waals surface area (Å²) in [5.41, 5.74) is 0.925. The quantitative estimate of drug-likeness (QED) is 0.880. The molecule has 110 valence electrons. The zero-order valence-electron chi connectivity index (χ0n) is 11.7. The minimum Gasteiger partial charge on any atom is -0.481 e. The second-order valence-corrected chi connectivity index (χ2v) is 6.32. The van der Waals surface area contributed by atoms with E-state index >= 15 is 0 Å². The van der Waals surface area contributed by atoms with Crippen molar-refractivity contribution in [1.29, 1.82) is 0 Å². The Morgan fingerprint density at radius 2 is 2.25 bits per heavy atom. The van der Waals surface area contributed by atoms with Gasteiger partial charge in [-0.25, -0.2) is 4.98 Å². The van der Waals surface area contributed by atoms with Gasteiger partial charge in [0.15, 0.2) is 5.13 Å². The Morgan fingerprint density at radius 1 is 1.50 bits per heavy atom. The maximum absolute atomic E-state index is 11.9. The number of carboxylic acids is 1. The summed E-state index contributed by atoms with van der Waals surface area (Å²) in [4.78, 5) is 30.2. The lowest BCUT2D eigenvalue weighted by molar-refractivity contribution is -0.144. The van der Waals surface area contributed by atoms with Crippen molar-refractivity contribution in [2.24, 2.45) is 5.92 Å². The van der Waals surface area contributed by atoms with Gasteiger partial charge in [-0.2, -0.15) is 0 Å². The number of carbonyl (C=O) groups is 2.